The summed E-state index contributed by atoms with van der Waals surface area (Å²) in [7, 11) is -4.20. The molecule has 0 aliphatic heterocycles. The van der Waals surface area contributed by atoms with Crippen LogP contribution in [-0.2, 0) is 32.6 Å². The van der Waals surface area contributed by atoms with Crippen LogP contribution < -0.4 is 9.62 Å². The number of hydrogen-bond donors (Lipinski definition) is 1. The monoisotopic (exact) mass is 679 g/mol. The first-order chi connectivity index (χ1) is 21.7. The standard InChI is InChI=1S/C36H39Cl2N3O4S/c1-25-16-17-26(2)32(20-25)41(46(44,45)30-14-10-7-11-15-30)24-34(42)40(23-28-18-19-29(37)22-31(28)38)33(35(43)39-36(3,4)5)21-27-12-8-6-9-13-27/h6-20,22,33H,21,23-24H2,1-5H3,(H,39,43). The predicted molar refractivity (Wildman–Crippen MR) is 186 cm³/mol. The second kappa shape index (κ2) is 14.7. The van der Waals surface area contributed by atoms with Crippen molar-refractivity contribution in [1.82, 2.24) is 10.2 Å². The van der Waals surface area contributed by atoms with E-state index in [9.17, 15) is 18.0 Å². The van der Waals surface area contributed by atoms with Crippen molar-refractivity contribution in [1.29, 1.82) is 0 Å². The number of hydrogen-bond acceptors (Lipinski definition) is 4. The lowest BCUT2D eigenvalue weighted by Gasteiger charge is -2.35. The smallest absolute Gasteiger partial charge is 0.264 e. The maximum Gasteiger partial charge on any atom is 0.264 e. The first-order valence-electron chi connectivity index (χ1n) is 14.9. The molecule has 4 aromatic carbocycles. The van der Waals surface area contributed by atoms with E-state index in [0.717, 1.165) is 15.4 Å². The molecule has 0 saturated heterocycles. The van der Waals surface area contributed by atoms with Crippen molar-refractivity contribution >= 4 is 50.7 Å². The molecule has 4 aromatic rings. The van der Waals surface area contributed by atoms with Gasteiger partial charge in [0, 0.05) is 28.5 Å². The topological polar surface area (TPSA) is 86.8 Å². The first-order valence-corrected chi connectivity index (χ1v) is 17.1. The van der Waals surface area contributed by atoms with Crippen LogP contribution in [0.25, 0.3) is 0 Å². The molecule has 0 heterocycles. The number of anilines is 1. The van der Waals surface area contributed by atoms with Crippen LogP contribution in [0.1, 0.15) is 43.0 Å². The van der Waals surface area contributed by atoms with Gasteiger partial charge in [0.1, 0.15) is 12.6 Å². The van der Waals surface area contributed by atoms with Gasteiger partial charge in [0.15, 0.2) is 0 Å². The largest absolute Gasteiger partial charge is 0.350 e. The van der Waals surface area contributed by atoms with E-state index in [1.165, 1.54) is 17.0 Å². The lowest BCUT2D eigenvalue weighted by atomic mass is 10.0. The highest BCUT2D eigenvalue weighted by molar-refractivity contribution is 7.92. The molecule has 1 atom stereocenters. The number of nitrogens with zero attached hydrogens (tertiary/aromatic N) is 2. The summed E-state index contributed by atoms with van der Waals surface area (Å²) in [5, 5.41) is 3.77. The highest BCUT2D eigenvalue weighted by atomic mass is 35.5. The van der Waals surface area contributed by atoms with Crippen molar-refractivity contribution in [3.63, 3.8) is 0 Å². The Bertz CT molecular complexity index is 1790. The molecule has 1 unspecified atom stereocenters. The lowest BCUT2D eigenvalue weighted by molar-refractivity contribution is -0.140. The van der Waals surface area contributed by atoms with Gasteiger partial charge in [-0.15, -0.1) is 0 Å². The van der Waals surface area contributed by atoms with E-state index >= 15 is 0 Å². The van der Waals surface area contributed by atoms with Crippen molar-refractivity contribution in [2.45, 2.75) is 64.1 Å². The molecule has 7 nitrogen and oxygen atoms in total. The van der Waals surface area contributed by atoms with Crippen molar-refractivity contribution in [2.75, 3.05) is 10.8 Å². The minimum absolute atomic E-state index is 0.0438. The highest BCUT2D eigenvalue weighted by Crippen LogP contribution is 2.30. The van der Waals surface area contributed by atoms with Gasteiger partial charge in [-0.05, 0) is 87.2 Å². The van der Waals surface area contributed by atoms with Crippen LogP contribution in [-0.4, -0.2) is 43.3 Å². The van der Waals surface area contributed by atoms with E-state index in [1.807, 2.05) is 70.2 Å². The number of carbonyl (C=O) groups excluding carboxylic acids is 2. The molecule has 0 spiro atoms. The van der Waals surface area contributed by atoms with Gasteiger partial charge in [-0.25, -0.2) is 8.42 Å². The maximum atomic E-state index is 14.7. The van der Waals surface area contributed by atoms with Crippen LogP contribution in [0.5, 0.6) is 0 Å². The summed E-state index contributed by atoms with van der Waals surface area (Å²) in [6.45, 7) is 8.63. The molecule has 0 bridgehead atoms. The highest BCUT2D eigenvalue weighted by Gasteiger charge is 2.36. The Labute approximate surface area is 282 Å². The molecule has 0 saturated carbocycles. The number of benzene rings is 4. The second-order valence-corrected chi connectivity index (χ2v) is 15.0. The third-order valence-electron chi connectivity index (χ3n) is 7.37. The minimum atomic E-state index is -4.20. The summed E-state index contributed by atoms with van der Waals surface area (Å²) in [4.78, 5) is 30.1. The van der Waals surface area contributed by atoms with Crippen molar-refractivity contribution in [2.24, 2.45) is 0 Å². The fourth-order valence-corrected chi connectivity index (χ4v) is 7.02. The summed E-state index contributed by atoms with van der Waals surface area (Å²) in [6.07, 6.45) is 0.189. The second-order valence-electron chi connectivity index (χ2n) is 12.3. The number of aryl methyl sites for hydroxylation is 2. The summed E-state index contributed by atoms with van der Waals surface area (Å²) < 4.78 is 29.6. The zero-order chi connectivity index (χ0) is 33.6. The Morgan fingerprint density at radius 1 is 0.848 bits per heavy atom. The lowest BCUT2D eigenvalue weighted by Crippen LogP contribution is -2.56. The molecule has 2 amide bonds. The Balaban J connectivity index is 1.86. The number of nitrogens with one attached hydrogen (secondary N) is 1. The molecule has 1 N–H and O–H groups in total. The van der Waals surface area contributed by atoms with E-state index in [0.29, 0.717) is 26.9 Å². The quantitative estimate of drug-likeness (QED) is 0.179. The molecule has 46 heavy (non-hydrogen) atoms. The van der Waals surface area contributed by atoms with E-state index < -0.39 is 34.1 Å². The number of sulfonamides is 1. The van der Waals surface area contributed by atoms with Gasteiger partial charge in [-0.3, -0.25) is 13.9 Å². The summed E-state index contributed by atoms with van der Waals surface area (Å²) in [5.41, 5.74) is 2.68. The fraction of sp³-hybridized carbons (Fsp3) is 0.278. The molecule has 0 aromatic heterocycles. The van der Waals surface area contributed by atoms with Gasteiger partial charge in [-0.1, -0.05) is 89.9 Å². The third-order valence-corrected chi connectivity index (χ3v) is 9.73. The van der Waals surface area contributed by atoms with Crippen LogP contribution in [0.3, 0.4) is 0 Å². The summed E-state index contributed by atoms with van der Waals surface area (Å²) in [5.74, 6) is -0.949. The van der Waals surface area contributed by atoms with Crippen LogP contribution in [0.15, 0.2) is 102 Å². The normalized spacial score (nSPS) is 12.3. The van der Waals surface area contributed by atoms with Crippen molar-refractivity contribution in [3.8, 4) is 0 Å². The van der Waals surface area contributed by atoms with Crippen LogP contribution in [0.2, 0.25) is 10.0 Å². The number of rotatable bonds is 11. The molecule has 4 rings (SSSR count). The molecule has 242 valence electrons. The Morgan fingerprint density at radius 3 is 2.09 bits per heavy atom. The van der Waals surface area contributed by atoms with Gasteiger partial charge in [0.05, 0.1) is 10.6 Å². The number of amides is 2. The van der Waals surface area contributed by atoms with Crippen LogP contribution >= 0.6 is 23.2 Å². The maximum absolute atomic E-state index is 14.7. The van der Waals surface area contributed by atoms with Crippen molar-refractivity contribution < 1.29 is 18.0 Å². The average molecular weight is 681 g/mol. The minimum Gasteiger partial charge on any atom is -0.350 e. The Hall–Kier alpha value is -3.85. The fourth-order valence-electron chi connectivity index (χ4n) is 5.06. The summed E-state index contributed by atoms with van der Waals surface area (Å²) in [6, 6.07) is 26.8. The van der Waals surface area contributed by atoms with Gasteiger partial charge >= 0.3 is 0 Å². The van der Waals surface area contributed by atoms with Gasteiger partial charge in [0.2, 0.25) is 11.8 Å². The van der Waals surface area contributed by atoms with Gasteiger partial charge in [0.25, 0.3) is 10.0 Å². The molecule has 0 fully saturated rings. The van der Waals surface area contributed by atoms with E-state index in [-0.39, 0.29) is 23.8 Å². The predicted octanol–water partition coefficient (Wildman–Crippen LogP) is 7.36. The van der Waals surface area contributed by atoms with E-state index in [2.05, 4.69) is 5.32 Å². The number of halogens is 2. The van der Waals surface area contributed by atoms with Crippen molar-refractivity contribution in [3.05, 3.63) is 129 Å². The SMILES string of the molecule is Cc1ccc(C)c(N(CC(=O)N(Cc2ccc(Cl)cc2Cl)C(Cc2ccccc2)C(=O)NC(C)(C)C)S(=O)(=O)c2ccccc2)c1. The zero-order valence-electron chi connectivity index (χ0n) is 26.6. The van der Waals surface area contributed by atoms with Gasteiger partial charge in [-0.2, -0.15) is 0 Å². The van der Waals surface area contributed by atoms with Gasteiger partial charge < -0.3 is 10.2 Å². The van der Waals surface area contributed by atoms with E-state index in [4.69, 9.17) is 23.2 Å². The summed E-state index contributed by atoms with van der Waals surface area (Å²) >= 11 is 12.8. The van der Waals surface area contributed by atoms with Crippen LogP contribution in [0, 0.1) is 13.8 Å². The molecule has 0 aliphatic carbocycles. The number of carbonyl (C=O) groups is 2. The molecule has 0 aliphatic rings. The first kappa shape index (κ1) is 35.0. The van der Waals surface area contributed by atoms with E-state index in [1.54, 1.807) is 49.4 Å². The Morgan fingerprint density at radius 2 is 1.48 bits per heavy atom. The Kier molecular flexibility index (Phi) is 11.2. The molecular formula is C36H39Cl2N3O4S. The zero-order valence-corrected chi connectivity index (χ0v) is 29.0. The molecule has 10 heteroatoms. The average Bonchev–Trinajstić information content (AvgIpc) is 3.00. The molecular weight excluding hydrogens is 641 g/mol. The third kappa shape index (κ3) is 8.90. The van der Waals surface area contributed by atoms with Crippen LogP contribution in [0.4, 0.5) is 5.69 Å². The molecule has 0 radical (unpaired) electrons.